The number of nitrogens with zero attached hydrogens (tertiary/aromatic N) is 3. The molecule has 2 amide bonds. The van der Waals surface area contributed by atoms with Gasteiger partial charge < -0.3 is 5.73 Å². The summed E-state index contributed by atoms with van der Waals surface area (Å²) in [6.07, 6.45) is 0. The number of urea groups is 1. The van der Waals surface area contributed by atoms with Gasteiger partial charge in [-0.25, -0.2) is 9.78 Å². The fourth-order valence-electron chi connectivity index (χ4n) is 2.93. The molecule has 1 aliphatic rings. The fourth-order valence-corrected chi connectivity index (χ4v) is 3.19. The normalized spacial score (nSPS) is 13.7. The van der Waals surface area contributed by atoms with Crippen molar-refractivity contribution in [1.29, 1.82) is 0 Å². The van der Waals surface area contributed by atoms with E-state index < -0.39 is 0 Å². The lowest BCUT2D eigenvalue weighted by atomic mass is 10.1. The minimum atomic E-state index is -0.186. The predicted octanol–water partition coefficient (Wildman–Crippen LogP) is 5.25. The largest absolute Gasteiger partial charge is 0.384 e. The summed E-state index contributed by atoms with van der Waals surface area (Å²) in [5, 5.41) is 1.21. The highest BCUT2D eigenvalue weighted by Gasteiger charge is 2.33. The zero-order chi connectivity index (χ0) is 18.3. The third-order valence-corrected chi connectivity index (χ3v) is 4.67. The Balaban J connectivity index is 1.84. The molecule has 0 spiro atoms. The average molecular weight is 385 g/mol. The number of benzene rings is 2. The van der Waals surface area contributed by atoms with Gasteiger partial charge in [0.2, 0.25) is 0 Å². The van der Waals surface area contributed by atoms with E-state index in [9.17, 15) is 4.79 Å². The van der Waals surface area contributed by atoms with E-state index in [0.717, 1.165) is 11.4 Å². The first-order valence-electron chi connectivity index (χ1n) is 7.91. The van der Waals surface area contributed by atoms with Crippen molar-refractivity contribution in [2.24, 2.45) is 0 Å². The van der Waals surface area contributed by atoms with E-state index >= 15 is 0 Å². The number of nitrogen functional groups attached to an aromatic ring is 1. The number of halogens is 2. The Morgan fingerprint density at radius 1 is 0.846 bits per heavy atom. The van der Waals surface area contributed by atoms with Gasteiger partial charge in [0.25, 0.3) is 0 Å². The van der Waals surface area contributed by atoms with Gasteiger partial charge >= 0.3 is 6.03 Å². The molecule has 0 bridgehead atoms. The summed E-state index contributed by atoms with van der Waals surface area (Å²) in [6, 6.07) is 17.5. The van der Waals surface area contributed by atoms with Gasteiger partial charge in [-0.2, -0.15) is 0 Å². The van der Waals surface area contributed by atoms with Crippen LogP contribution in [0.5, 0.6) is 0 Å². The maximum atomic E-state index is 13.3. The number of pyridine rings is 1. The van der Waals surface area contributed by atoms with Gasteiger partial charge in [-0.1, -0.05) is 23.2 Å². The van der Waals surface area contributed by atoms with Gasteiger partial charge in [0.05, 0.1) is 23.6 Å². The quantitative estimate of drug-likeness (QED) is 0.656. The summed E-state index contributed by atoms with van der Waals surface area (Å²) in [5.41, 5.74) is 8.71. The first kappa shape index (κ1) is 16.7. The number of carbonyl (C=O) groups is 1. The van der Waals surface area contributed by atoms with Gasteiger partial charge in [0, 0.05) is 15.7 Å². The Morgan fingerprint density at radius 3 is 2.04 bits per heavy atom. The third kappa shape index (κ3) is 2.96. The van der Waals surface area contributed by atoms with Crippen LogP contribution in [0.15, 0.2) is 60.7 Å². The van der Waals surface area contributed by atoms with Crippen molar-refractivity contribution >= 4 is 52.1 Å². The van der Waals surface area contributed by atoms with Crippen LogP contribution in [0.2, 0.25) is 10.0 Å². The highest BCUT2D eigenvalue weighted by Crippen LogP contribution is 2.37. The highest BCUT2D eigenvalue weighted by molar-refractivity contribution is 6.31. The molecular weight excluding hydrogens is 371 g/mol. The summed E-state index contributed by atoms with van der Waals surface area (Å²) < 4.78 is 0. The molecule has 0 radical (unpaired) electrons. The van der Waals surface area contributed by atoms with Crippen LogP contribution < -0.4 is 15.5 Å². The number of fused-ring (bicyclic) bond motifs is 1. The Bertz CT molecular complexity index is 974. The molecule has 2 heterocycles. The van der Waals surface area contributed by atoms with Gasteiger partial charge in [0.15, 0.2) is 0 Å². The van der Waals surface area contributed by atoms with E-state index in [1.54, 1.807) is 64.4 Å². The van der Waals surface area contributed by atoms with Crippen LogP contribution in [0.25, 0.3) is 0 Å². The van der Waals surface area contributed by atoms with Gasteiger partial charge in [0.1, 0.15) is 5.82 Å². The van der Waals surface area contributed by atoms with E-state index in [-0.39, 0.29) is 6.03 Å². The number of aromatic nitrogens is 1. The van der Waals surface area contributed by atoms with Crippen molar-refractivity contribution < 1.29 is 4.79 Å². The molecule has 0 fully saturated rings. The lowest BCUT2D eigenvalue weighted by Crippen LogP contribution is -2.45. The van der Waals surface area contributed by atoms with Gasteiger partial charge in [-0.15, -0.1) is 0 Å². The minimum Gasteiger partial charge on any atom is -0.384 e. The second-order valence-electron chi connectivity index (χ2n) is 5.86. The second kappa shape index (κ2) is 6.52. The monoisotopic (exact) mass is 384 g/mol. The van der Waals surface area contributed by atoms with Crippen LogP contribution in [-0.2, 0) is 6.54 Å². The Kier molecular flexibility index (Phi) is 4.18. The lowest BCUT2D eigenvalue weighted by Gasteiger charge is -2.36. The molecule has 0 atom stereocenters. The summed E-state index contributed by atoms with van der Waals surface area (Å²) in [4.78, 5) is 20.9. The van der Waals surface area contributed by atoms with Crippen LogP contribution >= 0.6 is 23.2 Å². The van der Waals surface area contributed by atoms with Gasteiger partial charge in [-0.05, 0) is 60.7 Å². The number of anilines is 4. The second-order valence-corrected chi connectivity index (χ2v) is 6.73. The van der Waals surface area contributed by atoms with E-state index in [2.05, 4.69) is 4.98 Å². The van der Waals surface area contributed by atoms with Crippen molar-refractivity contribution in [3.63, 3.8) is 0 Å². The number of amides is 2. The maximum absolute atomic E-state index is 13.3. The average Bonchev–Trinajstić information content (AvgIpc) is 2.63. The van der Waals surface area contributed by atoms with E-state index in [0.29, 0.717) is 33.8 Å². The van der Waals surface area contributed by atoms with E-state index in [1.807, 2.05) is 6.07 Å². The Morgan fingerprint density at radius 2 is 1.42 bits per heavy atom. The van der Waals surface area contributed by atoms with Crippen LogP contribution in [0.4, 0.5) is 27.7 Å². The first-order chi connectivity index (χ1) is 12.5. The molecule has 0 aliphatic carbocycles. The highest BCUT2D eigenvalue weighted by atomic mass is 35.5. The lowest BCUT2D eigenvalue weighted by molar-refractivity contribution is 0.252. The van der Waals surface area contributed by atoms with Crippen molar-refractivity contribution in [3.05, 3.63) is 76.4 Å². The standard InChI is InChI=1S/C19H14Cl2N4O/c20-12-1-5-14(6-2-12)24-11-16-17(9-10-18(22)23-16)25(19(24)26)15-7-3-13(21)4-8-15/h1-10H,11H2,(H2,22,23). The molecule has 130 valence electrons. The van der Waals surface area contributed by atoms with Gasteiger partial charge in [-0.3, -0.25) is 9.80 Å². The van der Waals surface area contributed by atoms with Crippen LogP contribution in [0.1, 0.15) is 5.69 Å². The van der Waals surface area contributed by atoms with Crippen molar-refractivity contribution in [2.75, 3.05) is 15.5 Å². The zero-order valence-electron chi connectivity index (χ0n) is 13.6. The van der Waals surface area contributed by atoms with Crippen molar-refractivity contribution in [1.82, 2.24) is 4.98 Å². The van der Waals surface area contributed by atoms with Crippen molar-refractivity contribution in [3.8, 4) is 0 Å². The molecular formula is C19H14Cl2N4O. The maximum Gasteiger partial charge on any atom is 0.334 e. The van der Waals surface area contributed by atoms with Crippen LogP contribution in [0, 0.1) is 0 Å². The molecule has 7 heteroatoms. The van der Waals surface area contributed by atoms with Crippen LogP contribution in [-0.4, -0.2) is 11.0 Å². The Labute approximate surface area is 160 Å². The zero-order valence-corrected chi connectivity index (χ0v) is 15.1. The van der Waals surface area contributed by atoms with E-state index in [4.69, 9.17) is 28.9 Å². The molecule has 2 N–H and O–H groups in total. The SMILES string of the molecule is Nc1ccc2c(n1)CN(c1ccc(Cl)cc1)C(=O)N2c1ccc(Cl)cc1. The molecule has 1 aromatic heterocycles. The number of rotatable bonds is 2. The number of hydrogen-bond donors (Lipinski definition) is 1. The number of nitrogens with two attached hydrogens (primary N) is 1. The molecule has 26 heavy (non-hydrogen) atoms. The Hall–Kier alpha value is -2.76. The van der Waals surface area contributed by atoms with Crippen molar-refractivity contribution in [2.45, 2.75) is 6.54 Å². The molecule has 4 rings (SSSR count). The molecule has 0 unspecified atom stereocenters. The number of hydrogen-bond acceptors (Lipinski definition) is 3. The molecule has 0 saturated carbocycles. The smallest absolute Gasteiger partial charge is 0.334 e. The minimum absolute atomic E-state index is 0.186. The molecule has 1 aliphatic heterocycles. The molecule has 3 aromatic rings. The summed E-state index contributed by atoms with van der Waals surface area (Å²) in [7, 11) is 0. The topological polar surface area (TPSA) is 62.5 Å². The third-order valence-electron chi connectivity index (χ3n) is 4.17. The molecule has 0 saturated heterocycles. The molecule has 2 aromatic carbocycles. The first-order valence-corrected chi connectivity index (χ1v) is 8.67. The number of carbonyl (C=O) groups excluding carboxylic acids is 1. The fraction of sp³-hybridized carbons (Fsp3) is 0.0526. The summed E-state index contributed by atoms with van der Waals surface area (Å²) in [6.45, 7) is 0.324. The summed E-state index contributed by atoms with van der Waals surface area (Å²) >= 11 is 12.0. The summed E-state index contributed by atoms with van der Waals surface area (Å²) in [5.74, 6) is 0.408. The van der Waals surface area contributed by atoms with Crippen LogP contribution in [0.3, 0.4) is 0 Å². The molecule has 5 nitrogen and oxygen atoms in total. The predicted molar refractivity (Wildman–Crippen MR) is 105 cm³/mol. The van der Waals surface area contributed by atoms with E-state index in [1.165, 1.54) is 0 Å².